The van der Waals surface area contributed by atoms with Crippen LogP contribution in [0.1, 0.15) is 42.4 Å². The van der Waals surface area contributed by atoms with E-state index in [0.717, 1.165) is 50.0 Å². The lowest BCUT2D eigenvalue weighted by molar-refractivity contribution is 0.226. The second-order valence-electron chi connectivity index (χ2n) is 6.95. The number of H-pyrrole nitrogens is 1. The third-order valence-electron chi connectivity index (χ3n) is 5.32. The maximum Gasteiger partial charge on any atom is 0.251 e. The number of piperidine rings is 1. The van der Waals surface area contributed by atoms with Crippen LogP contribution < -0.4 is 5.56 Å². The van der Waals surface area contributed by atoms with E-state index in [1.54, 1.807) is 0 Å². The molecule has 4 rings (SSSR count). The minimum atomic E-state index is 0.129. The summed E-state index contributed by atoms with van der Waals surface area (Å²) in [5.41, 5.74) is 4.77. The van der Waals surface area contributed by atoms with Gasteiger partial charge in [0.15, 0.2) is 0 Å². The van der Waals surface area contributed by atoms with Crippen LogP contribution in [0.2, 0.25) is 0 Å². The highest BCUT2D eigenvalue weighted by Gasteiger charge is 2.18. The molecule has 1 saturated heterocycles. The Bertz CT molecular complexity index is 775. The van der Waals surface area contributed by atoms with Gasteiger partial charge in [-0.1, -0.05) is 28.1 Å². The summed E-state index contributed by atoms with van der Waals surface area (Å²) in [6, 6.07) is 6.66. The molecular formula is C19H23BrN2O. The normalized spacial score (nSPS) is 19.9. The van der Waals surface area contributed by atoms with Gasteiger partial charge in [0.05, 0.1) is 0 Å². The van der Waals surface area contributed by atoms with Crippen molar-refractivity contribution < 1.29 is 0 Å². The first-order valence-corrected chi connectivity index (χ1v) is 9.65. The van der Waals surface area contributed by atoms with E-state index in [1.165, 1.54) is 35.8 Å². The highest BCUT2D eigenvalue weighted by atomic mass is 79.9. The fraction of sp³-hybridized carbons (Fsp3) is 0.526. The molecule has 4 heteroatoms. The zero-order valence-corrected chi connectivity index (χ0v) is 15.0. The van der Waals surface area contributed by atoms with Gasteiger partial charge >= 0.3 is 0 Å². The Morgan fingerprint density at radius 2 is 1.87 bits per heavy atom. The quantitative estimate of drug-likeness (QED) is 0.812. The predicted octanol–water partition coefficient (Wildman–Crippen LogP) is 3.77. The van der Waals surface area contributed by atoms with Gasteiger partial charge in [-0.2, -0.15) is 0 Å². The van der Waals surface area contributed by atoms with Crippen molar-refractivity contribution >= 4 is 26.8 Å². The fourth-order valence-electron chi connectivity index (χ4n) is 4.02. The van der Waals surface area contributed by atoms with E-state index in [4.69, 9.17) is 0 Å². The lowest BCUT2D eigenvalue weighted by Crippen LogP contribution is -2.33. The van der Waals surface area contributed by atoms with E-state index in [0.29, 0.717) is 4.83 Å². The molecule has 1 aromatic carbocycles. The summed E-state index contributed by atoms with van der Waals surface area (Å²) >= 11 is 3.71. The van der Waals surface area contributed by atoms with Gasteiger partial charge in [0.25, 0.3) is 5.56 Å². The van der Waals surface area contributed by atoms with Crippen LogP contribution in [0.4, 0.5) is 0 Å². The SMILES string of the molecule is O=c1[nH]c2cc(CN3CCC(Br)CC3)ccc2c2c1CCCC2. The van der Waals surface area contributed by atoms with E-state index >= 15 is 0 Å². The molecule has 0 atom stereocenters. The Labute approximate surface area is 145 Å². The number of fused-ring (bicyclic) bond motifs is 3. The number of hydrogen-bond donors (Lipinski definition) is 1. The van der Waals surface area contributed by atoms with Crippen LogP contribution in [0.15, 0.2) is 23.0 Å². The third kappa shape index (κ3) is 3.11. The van der Waals surface area contributed by atoms with Gasteiger partial charge in [-0.15, -0.1) is 0 Å². The number of nitrogens with zero attached hydrogens (tertiary/aromatic N) is 1. The predicted molar refractivity (Wildman–Crippen MR) is 98.4 cm³/mol. The van der Waals surface area contributed by atoms with Gasteiger partial charge < -0.3 is 4.98 Å². The van der Waals surface area contributed by atoms with Crippen molar-refractivity contribution in [3.63, 3.8) is 0 Å². The molecule has 1 N–H and O–H groups in total. The van der Waals surface area contributed by atoms with Crippen molar-refractivity contribution in [2.75, 3.05) is 13.1 Å². The van der Waals surface area contributed by atoms with Crippen molar-refractivity contribution in [2.24, 2.45) is 0 Å². The number of nitrogens with one attached hydrogen (secondary N) is 1. The molecule has 0 radical (unpaired) electrons. The summed E-state index contributed by atoms with van der Waals surface area (Å²) in [4.78, 5) is 18.7. The van der Waals surface area contributed by atoms with Gasteiger partial charge in [-0.05, 0) is 68.8 Å². The van der Waals surface area contributed by atoms with Crippen LogP contribution in [0.3, 0.4) is 0 Å². The standard InChI is InChI=1S/C19H23BrN2O/c20-14-7-9-22(10-8-14)12-13-5-6-16-15-3-1-2-4-17(15)19(23)21-18(16)11-13/h5-6,11,14H,1-4,7-10,12H2,(H,21,23). The number of aromatic nitrogens is 1. The average Bonchev–Trinajstić information content (AvgIpc) is 2.57. The summed E-state index contributed by atoms with van der Waals surface area (Å²) in [6.07, 6.45) is 6.77. The highest BCUT2D eigenvalue weighted by Crippen LogP contribution is 2.27. The molecule has 0 saturated carbocycles. The molecule has 0 bridgehead atoms. The monoisotopic (exact) mass is 374 g/mol. The van der Waals surface area contributed by atoms with Crippen LogP contribution in [0.25, 0.3) is 10.9 Å². The van der Waals surface area contributed by atoms with Crippen molar-refractivity contribution in [3.05, 3.63) is 45.2 Å². The minimum absolute atomic E-state index is 0.129. The first-order valence-electron chi connectivity index (χ1n) is 8.74. The van der Waals surface area contributed by atoms with Crippen molar-refractivity contribution in [1.29, 1.82) is 0 Å². The molecule has 2 heterocycles. The molecule has 0 amide bonds. The molecule has 1 fully saturated rings. The Morgan fingerprint density at radius 3 is 2.65 bits per heavy atom. The number of pyridine rings is 1. The fourth-order valence-corrected chi connectivity index (χ4v) is 4.43. The maximum atomic E-state index is 12.3. The zero-order chi connectivity index (χ0) is 15.8. The Kier molecular flexibility index (Phi) is 4.29. The molecule has 1 aliphatic heterocycles. The van der Waals surface area contributed by atoms with Crippen LogP contribution in [0, 0.1) is 0 Å². The topological polar surface area (TPSA) is 36.1 Å². The van der Waals surface area contributed by atoms with E-state index in [-0.39, 0.29) is 5.56 Å². The lowest BCUT2D eigenvalue weighted by atomic mass is 9.89. The lowest BCUT2D eigenvalue weighted by Gasteiger charge is -2.29. The number of alkyl halides is 1. The molecule has 0 spiro atoms. The molecule has 1 aliphatic carbocycles. The van der Waals surface area contributed by atoms with Gasteiger partial charge in [-0.3, -0.25) is 9.69 Å². The molecular weight excluding hydrogens is 352 g/mol. The van der Waals surface area contributed by atoms with Crippen LogP contribution >= 0.6 is 15.9 Å². The number of likely N-dealkylation sites (tertiary alicyclic amines) is 1. The third-order valence-corrected chi connectivity index (χ3v) is 6.24. The van der Waals surface area contributed by atoms with Gasteiger partial charge in [0.1, 0.15) is 0 Å². The Morgan fingerprint density at radius 1 is 1.13 bits per heavy atom. The summed E-state index contributed by atoms with van der Waals surface area (Å²) in [6.45, 7) is 3.28. The van der Waals surface area contributed by atoms with Crippen LogP contribution in [-0.2, 0) is 19.4 Å². The van der Waals surface area contributed by atoms with Gasteiger partial charge in [-0.25, -0.2) is 0 Å². The maximum absolute atomic E-state index is 12.3. The number of aromatic amines is 1. The van der Waals surface area contributed by atoms with Crippen molar-refractivity contribution in [3.8, 4) is 0 Å². The summed E-state index contributed by atoms with van der Waals surface area (Å²) < 4.78 is 0. The molecule has 0 unspecified atom stereocenters. The highest BCUT2D eigenvalue weighted by molar-refractivity contribution is 9.09. The van der Waals surface area contributed by atoms with Crippen molar-refractivity contribution in [2.45, 2.75) is 49.9 Å². The number of benzene rings is 1. The molecule has 23 heavy (non-hydrogen) atoms. The van der Waals surface area contributed by atoms with E-state index in [1.807, 2.05) is 0 Å². The molecule has 1 aromatic heterocycles. The molecule has 122 valence electrons. The van der Waals surface area contributed by atoms with Gasteiger partial charge in [0, 0.05) is 27.8 Å². The van der Waals surface area contributed by atoms with Crippen LogP contribution in [0.5, 0.6) is 0 Å². The minimum Gasteiger partial charge on any atom is -0.322 e. The van der Waals surface area contributed by atoms with Crippen molar-refractivity contribution in [1.82, 2.24) is 9.88 Å². The molecule has 2 aliphatic rings. The van der Waals surface area contributed by atoms with Gasteiger partial charge in [0.2, 0.25) is 0 Å². The summed E-state index contributed by atoms with van der Waals surface area (Å²) in [5, 5.41) is 1.25. The van der Waals surface area contributed by atoms with E-state index in [9.17, 15) is 4.79 Å². The molecule has 3 nitrogen and oxygen atoms in total. The second kappa shape index (κ2) is 6.40. The Balaban J connectivity index is 1.64. The average molecular weight is 375 g/mol. The number of halogens is 1. The number of aryl methyl sites for hydroxylation is 1. The first-order chi connectivity index (χ1) is 11.2. The summed E-state index contributed by atoms with van der Waals surface area (Å²) in [5.74, 6) is 0. The van der Waals surface area contributed by atoms with Crippen LogP contribution in [-0.4, -0.2) is 27.8 Å². The summed E-state index contributed by atoms with van der Waals surface area (Å²) in [7, 11) is 0. The first kappa shape index (κ1) is 15.4. The second-order valence-corrected chi connectivity index (χ2v) is 8.24. The largest absolute Gasteiger partial charge is 0.322 e. The molecule has 2 aromatic rings. The van der Waals surface area contributed by atoms with E-state index < -0.39 is 0 Å². The zero-order valence-electron chi connectivity index (χ0n) is 13.4. The Hall–Kier alpha value is -1.13. The number of hydrogen-bond acceptors (Lipinski definition) is 2. The van der Waals surface area contributed by atoms with E-state index in [2.05, 4.69) is 44.0 Å². The smallest absolute Gasteiger partial charge is 0.251 e. The number of rotatable bonds is 2.